The van der Waals surface area contributed by atoms with E-state index in [1.54, 1.807) is 15.5 Å². The van der Waals surface area contributed by atoms with Gasteiger partial charge >= 0.3 is 6.09 Å². The van der Waals surface area contributed by atoms with Crippen molar-refractivity contribution in [1.29, 1.82) is 0 Å². The molecule has 2 aliphatic heterocycles. The number of aryl methyl sites for hydroxylation is 1. The third kappa shape index (κ3) is 7.20. The van der Waals surface area contributed by atoms with Gasteiger partial charge in [-0.3, -0.25) is 9.52 Å². The molecule has 0 saturated carbocycles. The first-order chi connectivity index (χ1) is 20.6. The Kier molecular flexibility index (Phi) is 8.74. The molecule has 238 valence electrons. The summed E-state index contributed by atoms with van der Waals surface area (Å²) in [7, 11) is -3.61. The van der Waals surface area contributed by atoms with E-state index in [1.165, 1.54) is 12.1 Å². The van der Waals surface area contributed by atoms with Crippen molar-refractivity contribution >= 4 is 50.8 Å². The number of likely N-dealkylation sites (tertiary alicyclic amines) is 1. The maximum absolute atomic E-state index is 13.9. The number of nitrogens with zero attached hydrogens (tertiary/aromatic N) is 5. The topological polar surface area (TPSA) is 138 Å². The van der Waals surface area contributed by atoms with Crippen LogP contribution in [0.3, 0.4) is 0 Å². The monoisotopic (exact) mass is 645 g/mol. The van der Waals surface area contributed by atoms with Crippen LogP contribution in [-0.2, 0) is 14.8 Å². The zero-order chi connectivity index (χ0) is 32.0. The fraction of sp³-hybridized carbons (Fsp3) is 0.533. The molecule has 2 aliphatic rings. The van der Waals surface area contributed by atoms with Crippen LogP contribution in [-0.4, -0.2) is 77.4 Å². The van der Waals surface area contributed by atoms with Crippen molar-refractivity contribution in [2.24, 2.45) is 5.92 Å². The Morgan fingerprint density at radius 1 is 1.14 bits per heavy atom. The van der Waals surface area contributed by atoms with Gasteiger partial charge in [-0.05, 0) is 71.1 Å². The Hall–Kier alpha value is -3.58. The van der Waals surface area contributed by atoms with Crippen LogP contribution in [0.2, 0.25) is 5.02 Å². The van der Waals surface area contributed by atoms with E-state index in [-0.39, 0.29) is 35.2 Å². The van der Waals surface area contributed by atoms with E-state index in [2.05, 4.69) is 21.9 Å². The molecule has 2 aromatic heterocycles. The SMILES string of the molecule is Cc1cn2nc([C@@H]3CCCCN3C(=O)c3cc(Cl)ccc3NS(C)(=O)=O)cc2nc1N1C[C@@H](C)[C@H](NC(=O)OC(C)(C)C)C1. The summed E-state index contributed by atoms with van der Waals surface area (Å²) in [5.41, 5.74) is 2.09. The molecule has 2 saturated heterocycles. The second-order valence-electron chi connectivity index (χ2n) is 12.8. The number of fused-ring (bicyclic) bond motifs is 1. The number of rotatable bonds is 6. The van der Waals surface area contributed by atoms with Crippen molar-refractivity contribution in [2.75, 3.05) is 35.5 Å². The molecule has 2 amide bonds. The number of piperidine rings is 1. The van der Waals surface area contributed by atoms with E-state index >= 15 is 0 Å². The van der Waals surface area contributed by atoms with E-state index in [9.17, 15) is 18.0 Å². The van der Waals surface area contributed by atoms with E-state index in [0.29, 0.717) is 35.9 Å². The maximum Gasteiger partial charge on any atom is 0.407 e. The number of amides is 2. The minimum absolute atomic E-state index is 0.0851. The lowest BCUT2D eigenvalue weighted by molar-refractivity contribution is 0.0498. The maximum atomic E-state index is 13.9. The van der Waals surface area contributed by atoms with Crippen LogP contribution in [0.1, 0.15) is 74.6 Å². The van der Waals surface area contributed by atoms with Crippen molar-refractivity contribution in [3.8, 4) is 0 Å². The van der Waals surface area contributed by atoms with Gasteiger partial charge < -0.3 is 19.9 Å². The van der Waals surface area contributed by atoms with Gasteiger partial charge in [-0.15, -0.1) is 0 Å². The number of halogens is 1. The molecule has 3 aromatic rings. The van der Waals surface area contributed by atoms with Crippen molar-refractivity contribution in [3.63, 3.8) is 0 Å². The normalized spacial score (nSPS) is 21.0. The first-order valence-corrected chi connectivity index (χ1v) is 17.0. The van der Waals surface area contributed by atoms with Gasteiger partial charge in [0.1, 0.15) is 11.4 Å². The molecule has 3 atom stereocenters. The molecule has 4 heterocycles. The molecule has 14 heteroatoms. The molecule has 0 unspecified atom stereocenters. The van der Waals surface area contributed by atoms with Crippen LogP contribution in [0.25, 0.3) is 5.65 Å². The molecule has 0 spiro atoms. The summed E-state index contributed by atoms with van der Waals surface area (Å²) >= 11 is 6.23. The third-order valence-corrected chi connectivity index (χ3v) is 8.68. The van der Waals surface area contributed by atoms with Crippen molar-refractivity contribution < 1.29 is 22.7 Å². The second-order valence-corrected chi connectivity index (χ2v) is 15.0. The fourth-order valence-corrected chi connectivity index (χ4v) is 6.66. The zero-order valence-electron chi connectivity index (χ0n) is 25.9. The number of carbonyl (C=O) groups is 2. The molecule has 0 bridgehead atoms. The molecule has 2 fully saturated rings. The van der Waals surface area contributed by atoms with Gasteiger partial charge in [0.25, 0.3) is 5.91 Å². The molecule has 2 N–H and O–H groups in total. The van der Waals surface area contributed by atoms with Gasteiger partial charge in [-0.1, -0.05) is 18.5 Å². The molecule has 1 aromatic carbocycles. The van der Waals surface area contributed by atoms with Gasteiger partial charge in [0.15, 0.2) is 5.65 Å². The largest absolute Gasteiger partial charge is 0.444 e. The van der Waals surface area contributed by atoms with Crippen LogP contribution in [0.4, 0.5) is 16.3 Å². The second kappa shape index (κ2) is 12.1. The fourth-order valence-electron chi connectivity index (χ4n) is 5.91. The summed E-state index contributed by atoms with van der Waals surface area (Å²) in [6.07, 6.45) is 4.99. The number of sulfonamides is 1. The average Bonchev–Trinajstić information content (AvgIpc) is 3.49. The number of hydrogen-bond donors (Lipinski definition) is 2. The standard InChI is InChI=1S/C30H40ClN7O5S/c1-18-15-36(17-24(18)32-29(40)43-30(3,4)5)27-19(2)16-38-26(33-27)14-23(34-38)25-9-7-8-12-37(25)28(39)21-13-20(31)10-11-22(21)35-44(6,41)42/h10-11,13-14,16,18,24-25,35H,7-9,12,15,17H2,1-6H3,(H,32,40)/t18-,24-,25+/m1/s1. The minimum Gasteiger partial charge on any atom is -0.444 e. The predicted octanol–water partition coefficient (Wildman–Crippen LogP) is 4.78. The first-order valence-electron chi connectivity index (χ1n) is 14.8. The number of carbonyl (C=O) groups excluding carboxylic acids is 2. The molecule has 44 heavy (non-hydrogen) atoms. The Bertz CT molecular complexity index is 1690. The average molecular weight is 646 g/mol. The van der Waals surface area contributed by atoms with Crippen molar-refractivity contribution in [1.82, 2.24) is 24.8 Å². The number of anilines is 2. The smallest absolute Gasteiger partial charge is 0.407 e. The predicted molar refractivity (Wildman–Crippen MR) is 170 cm³/mol. The number of benzene rings is 1. The van der Waals surface area contributed by atoms with Gasteiger partial charge in [-0.25, -0.2) is 22.7 Å². The van der Waals surface area contributed by atoms with Gasteiger partial charge in [0, 0.05) is 42.5 Å². The summed E-state index contributed by atoms with van der Waals surface area (Å²) in [6, 6.07) is 6.04. The lowest BCUT2D eigenvalue weighted by Crippen LogP contribution is -2.42. The van der Waals surface area contributed by atoms with Crippen LogP contribution in [0, 0.1) is 12.8 Å². The lowest BCUT2D eigenvalue weighted by atomic mass is 9.98. The minimum atomic E-state index is -3.61. The zero-order valence-corrected chi connectivity index (χ0v) is 27.5. The highest BCUT2D eigenvalue weighted by Gasteiger charge is 2.35. The number of aromatic nitrogens is 3. The summed E-state index contributed by atoms with van der Waals surface area (Å²) in [6.45, 7) is 11.4. The highest BCUT2D eigenvalue weighted by molar-refractivity contribution is 7.92. The lowest BCUT2D eigenvalue weighted by Gasteiger charge is -2.35. The number of hydrogen-bond acceptors (Lipinski definition) is 8. The Balaban J connectivity index is 1.39. The Labute approximate surface area is 263 Å². The quantitative estimate of drug-likeness (QED) is 0.391. The van der Waals surface area contributed by atoms with Gasteiger partial charge in [0.05, 0.1) is 35.3 Å². The summed E-state index contributed by atoms with van der Waals surface area (Å²) in [5, 5.41) is 8.16. The summed E-state index contributed by atoms with van der Waals surface area (Å²) < 4.78 is 33.6. The summed E-state index contributed by atoms with van der Waals surface area (Å²) in [5.74, 6) is 0.687. The van der Waals surface area contributed by atoms with Gasteiger partial charge in [-0.2, -0.15) is 5.10 Å². The Morgan fingerprint density at radius 2 is 1.89 bits per heavy atom. The molecule has 5 rings (SSSR count). The van der Waals surface area contributed by atoms with Crippen LogP contribution in [0.5, 0.6) is 0 Å². The van der Waals surface area contributed by atoms with E-state index in [0.717, 1.165) is 37.0 Å². The number of ether oxygens (including phenoxy) is 1. The highest BCUT2D eigenvalue weighted by atomic mass is 35.5. The third-order valence-electron chi connectivity index (χ3n) is 7.85. The summed E-state index contributed by atoms with van der Waals surface area (Å²) in [4.78, 5) is 35.2. The molecule has 0 radical (unpaired) electrons. The van der Waals surface area contributed by atoms with Crippen molar-refractivity contribution in [2.45, 2.75) is 71.6 Å². The van der Waals surface area contributed by atoms with E-state index in [4.69, 9.17) is 26.4 Å². The molecule has 0 aliphatic carbocycles. The van der Waals surface area contributed by atoms with Gasteiger partial charge in [0.2, 0.25) is 10.0 Å². The van der Waals surface area contributed by atoms with Crippen molar-refractivity contribution in [3.05, 3.63) is 52.3 Å². The Morgan fingerprint density at radius 3 is 2.59 bits per heavy atom. The van der Waals surface area contributed by atoms with Crippen LogP contribution >= 0.6 is 11.6 Å². The van der Waals surface area contributed by atoms with E-state index in [1.807, 2.05) is 40.0 Å². The number of alkyl carbamates (subject to hydrolysis) is 1. The number of nitrogens with one attached hydrogen (secondary N) is 2. The first kappa shape index (κ1) is 31.8. The molecule has 12 nitrogen and oxygen atoms in total. The van der Waals surface area contributed by atoms with E-state index < -0.39 is 21.7 Å². The molecular formula is C30H40ClN7O5S. The van der Waals surface area contributed by atoms with Crippen LogP contribution < -0.4 is 14.9 Å². The highest BCUT2D eigenvalue weighted by Crippen LogP contribution is 2.35. The molecular weight excluding hydrogens is 606 g/mol. The van der Waals surface area contributed by atoms with Crippen LogP contribution in [0.15, 0.2) is 30.5 Å².